The van der Waals surface area contributed by atoms with Gasteiger partial charge in [-0.3, -0.25) is 4.79 Å². The minimum Gasteiger partial charge on any atom is -0.342 e. The number of hydrogen-bond donors (Lipinski definition) is 0. The third-order valence-electron chi connectivity index (χ3n) is 3.21. The summed E-state index contributed by atoms with van der Waals surface area (Å²) in [5.74, 6) is 0.355. The Kier molecular flexibility index (Phi) is 4.20. The molecule has 1 unspecified atom stereocenters. The van der Waals surface area contributed by atoms with Gasteiger partial charge in [0.15, 0.2) is 0 Å². The molecule has 0 radical (unpaired) electrons. The predicted octanol–water partition coefficient (Wildman–Crippen LogP) is 2.39. The summed E-state index contributed by atoms with van der Waals surface area (Å²) in [7, 11) is 0. The lowest BCUT2D eigenvalue weighted by atomic mass is 10.1. The maximum absolute atomic E-state index is 11.8. The topological polar surface area (TPSA) is 69.1 Å². The van der Waals surface area contributed by atoms with Gasteiger partial charge in [-0.1, -0.05) is 35.4 Å². The highest BCUT2D eigenvalue weighted by molar-refractivity contribution is 5.78. The Morgan fingerprint density at radius 1 is 1.39 bits per heavy atom. The molecule has 1 amide bonds. The Bertz CT molecular complexity index is 453. The highest BCUT2D eigenvalue weighted by Gasteiger charge is 2.28. The number of nitrogens with zero attached hydrogens (tertiary/aromatic N) is 4. The zero-order valence-corrected chi connectivity index (χ0v) is 10.2. The maximum Gasteiger partial charge on any atom is 0.222 e. The number of amides is 1. The van der Waals surface area contributed by atoms with Crippen molar-refractivity contribution in [2.45, 2.75) is 12.8 Å². The number of carbonyl (C=O) groups excluding carboxylic acids is 1. The molecule has 0 N–H and O–H groups in total. The Labute approximate surface area is 106 Å². The van der Waals surface area contributed by atoms with Gasteiger partial charge in [0, 0.05) is 31.0 Å². The summed E-state index contributed by atoms with van der Waals surface area (Å²) >= 11 is 0. The van der Waals surface area contributed by atoms with Gasteiger partial charge in [0.25, 0.3) is 0 Å². The Morgan fingerprint density at radius 3 is 2.89 bits per heavy atom. The molecule has 0 spiro atoms. The second kappa shape index (κ2) is 6.07. The quantitative estimate of drug-likeness (QED) is 0.445. The number of carbonyl (C=O) groups is 1. The molecule has 1 aromatic rings. The van der Waals surface area contributed by atoms with Crippen molar-refractivity contribution in [3.8, 4) is 0 Å². The molecule has 1 atom stereocenters. The van der Waals surface area contributed by atoms with Crippen molar-refractivity contribution in [1.29, 1.82) is 0 Å². The van der Waals surface area contributed by atoms with Gasteiger partial charge >= 0.3 is 0 Å². The molecular weight excluding hydrogens is 228 g/mol. The molecule has 2 rings (SSSR count). The summed E-state index contributed by atoms with van der Waals surface area (Å²) in [6.07, 6.45) is 1.38. The van der Waals surface area contributed by atoms with Crippen LogP contribution in [0.2, 0.25) is 0 Å². The van der Waals surface area contributed by atoms with Crippen molar-refractivity contribution in [1.82, 2.24) is 4.90 Å². The van der Waals surface area contributed by atoms with Crippen LogP contribution in [0.3, 0.4) is 0 Å². The van der Waals surface area contributed by atoms with E-state index in [9.17, 15) is 4.79 Å². The van der Waals surface area contributed by atoms with Crippen molar-refractivity contribution < 1.29 is 4.79 Å². The van der Waals surface area contributed by atoms with Crippen LogP contribution in [0, 0.1) is 5.92 Å². The SMILES string of the molecule is [N-]=[N+]=NCC1CC(=O)N(CCc2ccccc2)C1. The molecular formula is C13H16N4O. The van der Waals surface area contributed by atoms with E-state index in [1.165, 1.54) is 5.56 Å². The lowest BCUT2D eigenvalue weighted by Crippen LogP contribution is -2.27. The van der Waals surface area contributed by atoms with Crippen LogP contribution in [0.1, 0.15) is 12.0 Å². The Balaban J connectivity index is 1.83. The lowest BCUT2D eigenvalue weighted by Gasteiger charge is -2.16. The van der Waals surface area contributed by atoms with Crippen LogP contribution in [0.25, 0.3) is 10.4 Å². The number of likely N-dealkylation sites (tertiary alicyclic amines) is 1. The molecule has 0 aromatic heterocycles. The monoisotopic (exact) mass is 244 g/mol. The minimum absolute atomic E-state index is 0.170. The van der Waals surface area contributed by atoms with E-state index in [1.807, 2.05) is 23.1 Å². The van der Waals surface area contributed by atoms with Gasteiger partial charge in [-0.2, -0.15) is 0 Å². The normalized spacial score (nSPS) is 18.8. The van der Waals surface area contributed by atoms with E-state index in [1.54, 1.807) is 0 Å². The molecule has 1 saturated heterocycles. The number of benzene rings is 1. The van der Waals surface area contributed by atoms with Crippen LogP contribution < -0.4 is 0 Å². The van der Waals surface area contributed by atoms with E-state index in [0.717, 1.165) is 13.0 Å². The van der Waals surface area contributed by atoms with Crippen LogP contribution in [0.15, 0.2) is 35.4 Å². The number of rotatable bonds is 5. The summed E-state index contributed by atoms with van der Waals surface area (Å²) in [4.78, 5) is 16.4. The molecule has 0 aliphatic carbocycles. The van der Waals surface area contributed by atoms with Gasteiger partial charge in [0.1, 0.15) is 0 Å². The average Bonchev–Trinajstić information content (AvgIpc) is 2.76. The molecule has 5 nitrogen and oxygen atoms in total. The lowest BCUT2D eigenvalue weighted by molar-refractivity contribution is -0.127. The zero-order chi connectivity index (χ0) is 12.8. The van der Waals surface area contributed by atoms with E-state index >= 15 is 0 Å². The molecule has 1 fully saturated rings. The second-order valence-corrected chi connectivity index (χ2v) is 4.56. The molecule has 94 valence electrons. The fraction of sp³-hybridized carbons (Fsp3) is 0.462. The first-order chi connectivity index (χ1) is 8.79. The van der Waals surface area contributed by atoms with Crippen molar-refractivity contribution in [3.63, 3.8) is 0 Å². The first-order valence-electron chi connectivity index (χ1n) is 6.12. The molecule has 18 heavy (non-hydrogen) atoms. The average molecular weight is 244 g/mol. The smallest absolute Gasteiger partial charge is 0.222 e. The molecule has 5 heteroatoms. The second-order valence-electron chi connectivity index (χ2n) is 4.56. The zero-order valence-electron chi connectivity index (χ0n) is 10.2. The molecule has 1 heterocycles. The van der Waals surface area contributed by atoms with Crippen LogP contribution in [0.5, 0.6) is 0 Å². The van der Waals surface area contributed by atoms with E-state index in [0.29, 0.717) is 19.5 Å². The van der Waals surface area contributed by atoms with Gasteiger partial charge in [-0.05, 0) is 23.4 Å². The minimum atomic E-state index is 0.170. The molecule has 1 aliphatic rings. The maximum atomic E-state index is 11.8. The number of azide groups is 1. The van der Waals surface area contributed by atoms with Crippen LogP contribution in [-0.2, 0) is 11.2 Å². The highest BCUT2D eigenvalue weighted by Crippen LogP contribution is 2.18. The standard InChI is InChI=1S/C13H16N4O/c14-16-15-9-12-8-13(18)17(10-12)7-6-11-4-2-1-3-5-11/h1-5,12H,6-10H2. The van der Waals surface area contributed by atoms with Crippen LogP contribution >= 0.6 is 0 Å². The fourth-order valence-electron chi connectivity index (χ4n) is 2.25. The van der Waals surface area contributed by atoms with Crippen molar-refractivity contribution in [2.75, 3.05) is 19.6 Å². The van der Waals surface area contributed by atoms with Crippen molar-refractivity contribution in [2.24, 2.45) is 11.0 Å². The van der Waals surface area contributed by atoms with Crippen LogP contribution in [0.4, 0.5) is 0 Å². The Hall–Kier alpha value is -2.00. The summed E-state index contributed by atoms with van der Waals surface area (Å²) in [6.45, 7) is 1.88. The first kappa shape index (κ1) is 12.5. The molecule has 0 bridgehead atoms. The highest BCUT2D eigenvalue weighted by atomic mass is 16.2. The molecule has 1 aromatic carbocycles. The van der Waals surface area contributed by atoms with Gasteiger partial charge in [-0.25, -0.2) is 0 Å². The first-order valence-corrected chi connectivity index (χ1v) is 6.12. The summed E-state index contributed by atoms with van der Waals surface area (Å²) < 4.78 is 0. The van der Waals surface area contributed by atoms with Crippen LogP contribution in [-0.4, -0.2) is 30.4 Å². The van der Waals surface area contributed by atoms with Gasteiger partial charge in [-0.15, -0.1) is 0 Å². The summed E-state index contributed by atoms with van der Waals surface area (Å²) in [5, 5.41) is 3.54. The fourth-order valence-corrected chi connectivity index (χ4v) is 2.25. The molecule has 0 saturated carbocycles. The van der Waals surface area contributed by atoms with Crippen molar-refractivity contribution >= 4 is 5.91 Å². The van der Waals surface area contributed by atoms with E-state index in [-0.39, 0.29) is 11.8 Å². The van der Waals surface area contributed by atoms with Gasteiger partial charge in [0.2, 0.25) is 5.91 Å². The Morgan fingerprint density at radius 2 is 2.17 bits per heavy atom. The van der Waals surface area contributed by atoms with E-state index in [4.69, 9.17) is 5.53 Å². The van der Waals surface area contributed by atoms with Gasteiger partial charge < -0.3 is 4.90 Å². The predicted molar refractivity (Wildman–Crippen MR) is 68.8 cm³/mol. The number of hydrogen-bond acceptors (Lipinski definition) is 2. The van der Waals surface area contributed by atoms with Gasteiger partial charge in [0.05, 0.1) is 0 Å². The largest absolute Gasteiger partial charge is 0.342 e. The molecule has 1 aliphatic heterocycles. The summed E-state index contributed by atoms with van der Waals surface area (Å²) in [5.41, 5.74) is 9.51. The third-order valence-corrected chi connectivity index (χ3v) is 3.21. The summed E-state index contributed by atoms with van der Waals surface area (Å²) in [6, 6.07) is 10.1. The third kappa shape index (κ3) is 3.25. The van der Waals surface area contributed by atoms with Crippen molar-refractivity contribution in [3.05, 3.63) is 46.3 Å². The van der Waals surface area contributed by atoms with E-state index in [2.05, 4.69) is 22.2 Å². The van der Waals surface area contributed by atoms with E-state index < -0.39 is 0 Å².